The molecule has 106 valence electrons. The molecule has 0 spiro atoms. The lowest BCUT2D eigenvalue weighted by Gasteiger charge is -2.43. The maximum absolute atomic E-state index is 13.3. The molecule has 0 aliphatic carbocycles. The number of halogens is 1. The van der Waals surface area contributed by atoms with Crippen LogP contribution in [0.15, 0.2) is 18.2 Å². The van der Waals surface area contributed by atoms with E-state index in [1.165, 1.54) is 12.1 Å². The number of hydrogen-bond acceptors (Lipinski definition) is 3. The number of nitrogens with zero attached hydrogens (tertiary/aromatic N) is 1. The van der Waals surface area contributed by atoms with Gasteiger partial charge in [0.05, 0.1) is 17.8 Å². The molecule has 1 aliphatic heterocycles. The monoisotopic (exact) mass is 267 g/mol. The minimum atomic E-state index is -0.688. The van der Waals surface area contributed by atoms with Crippen LogP contribution in [-0.2, 0) is 4.74 Å². The predicted octanol–water partition coefficient (Wildman–Crippen LogP) is 2.88. The van der Waals surface area contributed by atoms with Gasteiger partial charge in [0.2, 0.25) is 0 Å². The molecule has 0 bridgehead atoms. The number of benzene rings is 1. The summed E-state index contributed by atoms with van der Waals surface area (Å²) >= 11 is 0. The fourth-order valence-corrected chi connectivity index (χ4v) is 2.79. The van der Waals surface area contributed by atoms with Crippen molar-refractivity contribution >= 4 is 5.69 Å². The van der Waals surface area contributed by atoms with Gasteiger partial charge in [-0.1, -0.05) is 0 Å². The van der Waals surface area contributed by atoms with Gasteiger partial charge in [0.1, 0.15) is 5.82 Å². The summed E-state index contributed by atoms with van der Waals surface area (Å²) in [6.45, 7) is 9.24. The quantitative estimate of drug-likeness (QED) is 0.894. The van der Waals surface area contributed by atoms with Crippen molar-refractivity contribution in [3.63, 3.8) is 0 Å². The highest BCUT2D eigenvalue weighted by atomic mass is 19.1. The van der Waals surface area contributed by atoms with Gasteiger partial charge in [-0.3, -0.25) is 0 Å². The van der Waals surface area contributed by atoms with Crippen molar-refractivity contribution in [1.29, 1.82) is 0 Å². The van der Waals surface area contributed by atoms with Gasteiger partial charge < -0.3 is 14.7 Å². The molecule has 4 heteroatoms. The summed E-state index contributed by atoms with van der Waals surface area (Å²) in [6, 6.07) is 4.59. The Hall–Kier alpha value is -1.13. The third-order valence-corrected chi connectivity index (χ3v) is 3.35. The molecule has 0 amide bonds. The molecule has 1 aliphatic rings. The van der Waals surface area contributed by atoms with E-state index in [0.29, 0.717) is 5.56 Å². The Kier molecular flexibility index (Phi) is 3.83. The largest absolute Gasteiger partial charge is 0.389 e. The average molecular weight is 267 g/mol. The maximum atomic E-state index is 13.3. The molecule has 0 saturated carbocycles. The van der Waals surface area contributed by atoms with E-state index >= 15 is 0 Å². The first-order chi connectivity index (χ1) is 8.78. The lowest BCUT2D eigenvalue weighted by Crippen LogP contribution is -2.52. The van der Waals surface area contributed by atoms with Crippen molar-refractivity contribution in [2.24, 2.45) is 0 Å². The lowest BCUT2D eigenvalue weighted by molar-refractivity contribution is -0.0750. The number of ether oxygens (including phenoxy) is 1. The summed E-state index contributed by atoms with van der Waals surface area (Å²) in [6.07, 6.45) is -0.581. The van der Waals surface area contributed by atoms with E-state index < -0.39 is 6.10 Å². The van der Waals surface area contributed by atoms with Gasteiger partial charge in [0, 0.05) is 24.3 Å². The number of morpholine rings is 1. The number of rotatable bonds is 2. The van der Waals surface area contributed by atoms with E-state index in [4.69, 9.17) is 4.74 Å². The van der Waals surface area contributed by atoms with Crippen LogP contribution in [0.1, 0.15) is 39.4 Å². The van der Waals surface area contributed by atoms with Crippen LogP contribution >= 0.6 is 0 Å². The molecule has 1 aromatic rings. The summed E-state index contributed by atoms with van der Waals surface area (Å²) < 4.78 is 19.2. The van der Waals surface area contributed by atoms with Crippen molar-refractivity contribution in [3.8, 4) is 0 Å². The molecule has 1 N–H and O–H groups in total. The standard InChI is InChI=1S/C15H22FNO2/c1-10-8-17(9-15(3,4)19-10)14-6-5-12(16)7-13(14)11(2)18/h5-7,10-11,18H,8-9H2,1-4H3/t10?,11-/m1/s1. The second-order valence-electron chi connectivity index (χ2n) is 5.95. The highest BCUT2D eigenvalue weighted by Gasteiger charge is 2.32. The fourth-order valence-electron chi connectivity index (χ4n) is 2.79. The Morgan fingerprint density at radius 2 is 2.16 bits per heavy atom. The Bertz CT molecular complexity index is 459. The highest BCUT2D eigenvalue weighted by molar-refractivity contribution is 5.55. The van der Waals surface area contributed by atoms with Crippen LogP contribution in [0, 0.1) is 5.82 Å². The van der Waals surface area contributed by atoms with Crippen LogP contribution in [0.3, 0.4) is 0 Å². The molecule has 3 nitrogen and oxygen atoms in total. The molecule has 1 unspecified atom stereocenters. The Balaban J connectivity index is 2.35. The molecular weight excluding hydrogens is 245 g/mol. The van der Waals surface area contributed by atoms with E-state index in [0.717, 1.165) is 18.8 Å². The van der Waals surface area contributed by atoms with Gasteiger partial charge in [-0.05, 0) is 45.9 Å². The third-order valence-electron chi connectivity index (χ3n) is 3.35. The van der Waals surface area contributed by atoms with Crippen molar-refractivity contribution in [3.05, 3.63) is 29.6 Å². The van der Waals surface area contributed by atoms with E-state index in [2.05, 4.69) is 4.90 Å². The van der Waals surface area contributed by atoms with Crippen LogP contribution in [0.5, 0.6) is 0 Å². The molecule has 2 rings (SSSR count). The molecule has 0 radical (unpaired) electrons. The van der Waals surface area contributed by atoms with E-state index in [9.17, 15) is 9.50 Å². The second-order valence-corrected chi connectivity index (χ2v) is 5.95. The molecule has 1 saturated heterocycles. The summed E-state index contributed by atoms with van der Waals surface area (Å²) in [5.74, 6) is -0.319. The first-order valence-electron chi connectivity index (χ1n) is 6.69. The number of hydrogen-bond donors (Lipinski definition) is 1. The van der Waals surface area contributed by atoms with E-state index in [1.807, 2.05) is 20.8 Å². The first-order valence-corrected chi connectivity index (χ1v) is 6.69. The molecule has 2 atom stereocenters. The first kappa shape index (κ1) is 14.3. The maximum Gasteiger partial charge on any atom is 0.123 e. The zero-order valence-corrected chi connectivity index (χ0v) is 12.0. The zero-order valence-electron chi connectivity index (χ0n) is 12.0. The number of anilines is 1. The molecule has 0 aromatic heterocycles. The number of aliphatic hydroxyl groups excluding tert-OH is 1. The van der Waals surface area contributed by atoms with E-state index in [-0.39, 0.29) is 17.5 Å². The van der Waals surface area contributed by atoms with Crippen LogP contribution in [0.4, 0.5) is 10.1 Å². The van der Waals surface area contributed by atoms with E-state index in [1.54, 1.807) is 13.0 Å². The molecule has 1 aromatic carbocycles. The summed E-state index contributed by atoms with van der Waals surface area (Å²) in [7, 11) is 0. The Morgan fingerprint density at radius 3 is 2.74 bits per heavy atom. The third kappa shape index (κ3) is 3.25. The van der Waals surface area contributed by atoms with Crippen molar-refractivity contribution < 1.29 is 14.2 Å². The molecule has 19 heavy (non-hydrogen) atoms. The smallest absolute Gasteiger partial charge is 0.123 e. The highest BCUT2D eigenvalue weighted by Crippen LogP contribution is 2.31. The van der Waals surface area contributed by atoms with Crippen LogP contribution in [0.2, 0.25) is 0 Å². The fraction of sp³-hybridized carbons (Fsp3) is 0.600. The van der Waals surface area contributed by atoms with Gasteiger partial charge in [-0.15, -0.1) is 0 Å². The van der Waals surface area contributed by atoms with Gasteiger partial charge in [-0.25, -0.2) is 4.39 Å². The van der Waals surface area contributed by atoms with Crippen LogP contribution in [-0.4, -0.2) is 29.9 Å². The Labute approximate surface area is 114 Å². The van der Waals surface area contributed by atoms with Crippen molar-refractivity contribution in [2.45, 2.75) is 45.5 Å². The second kappa shape index (κ2) is 5.10. The summed E-state index contributed by atoms with van der Waals surface area (Å²) in [4.78, 5) is 2.16. The number of aliphatic hydroxyl groups is 1. The molecule has 1 fully saturated rings. The predicted molar refractivity (Wildman–Crippen MR) is 73.9 cm³/mol. The minimum Gasteiger partial charge on any atom is -0.389 e. The van der Waals surface area contributed by atoms with Gasteiger partial charge in [-0.2, -0.15) is 0 Å². The van der Waals surface area contributed by atoms with Crippen LogP contribution < -0.4 is 4.90 Å². The van der Waals surface area contributed by atoms with Gasteiger partial charge in [0.25, 0.3) is 0 Å². The summed E-state index contributed by atoms with van der Waals surface area (Å²) in [5.41, 5.74) is 1.27. The van der Waals surface area contributed by atoms with Crippen molar-refractivity contribution in [2.75, 3.05) is 18.0 Å². The topological polar surface area (TPSA) is 32.7 Å². The van der Waals surface area contributed by atoms with Crippen LogP contribution in [0.25, 0.3) is 0 Å². The zero-order chi connectivity index (χ0) is 14.2. The average Bonchev–Trinajstić information content (AvgIpc) is 2.25. The molecule has 1 heterocycles. The minimum absolute atomic E-state index is 0.107. The lowest BCUT2D eigenvalue weighted by atomic mass is 10.0. The van der Waals surface area contributed by atoms with Gasteiger partial charge in [0.15, 0.2) is 0 Å². The summed E-state index contributed by atoms with van der Waals surface area (Å²) in [5, 5.41) is 9.83. The molecular formula is C15H22FNO2. The van der Waals surface area contributed by atoms with Crippen molar-refractivity contribution in [1.82, 2.24) is 0 Å². The Morgan fingerprint density at radius 1 is 1.47 bits per heavy atom. The SMILES string of the molecule is CC1CN(c2ccc(F)cc2[C@@H](C)O)CC(C)(C)O1. The van der Waals surface area contributed by atoms with Gasteiger partial charge >= 0.3 is 0 Å². The normalized spacial score (nSPS) is 24.3.